The predicted molar refractivity (Wildman–Crippen MR) is 220 cm³/mol. The van der Waals surface area contributed by atoms with Crippen LogP contribution in [0.1, 0.15) is 56.2 Å². The highest BCUT2D eigenvalue weighted by atomic mass is 32.2. The summed E-state index contributed by atoms with van der Waals surface area (Å²) in [5.74, 6) is -0.0599. The Hall–Kier alpha value is -4.57. The number of nitrogens with zero attached hydrogens (tertiary/aromatic N) is 1. The van der Waals surface area contributed by atoms with Gasteiger partial charge in [-0.3, -0.25) is 10.1 Å². The van der Waals surface area contributed by atoms with E-state index in [0.717, 1.165) is 53.0 Å². The molecule has 0 amide bonds. The largest absolute Gasteiger partial charge is 0.490 e. The molecule has 0 bridgehead atoms. The summed E-state index contributed by atoms with van der Waals surface area (Å²) in [6, 6.07) is 42.7. The number of thioether (sulfide) groups is 1. The number of hydrogen-bond donors (Lipinski definition) is 1. The zero-order valence-electron chi connectivity index (χ0n) is 31.5. The van der Waals surface area contributed by atoms with E-state index in [1.165, 1.54) is 18.9 Å². The van der Waals surface area contributed by atoms with Crippen LogP contribution in [-0.4, -0.2) is 52.7 Å². The smallest absolute Gasteiger partial charge is 0.326 e. The normalized spacial score (nSPS) is 17.2. The zero-order valence-corrected chi connectivity index (χ0v) is 33.2. The number of unbranched alkanes of at least 4 members (excludes halogenated alkanes) is 1. The Bertz CT molecular complexity index is 2000. The highest BCUT2D eigenvalue weighted by Crippen LogP contribution is 2.47. The number of nitrogens with one attached hydrogen (secondary N) is 1. The zero-order chi connectivity index (χ0) is 38.2. The van der Waals surface area contributed by atoms with Gasteiger partial charge in [-0.05, 0) is 54.0 Å². The molecule has 1 aliphatic rings. The van der Waals surface area contributed by atoms with Crippen molar-refractivity contribution in [2.24, 2.45) is 5.41 Å². The number of benzene rings is 5. The first-order chi connectivity index (χ1) is 26.2. The Balaban J connectivity index is 1.44. The van der Waals surface area contributed by atoms with Gasteiger partial charge < -0.3 is 14.4 Å². The molecule has 0 spiro atoms. The van der Waals surface area contributed by atoms with Gasteiger partial charge in [-0.15, -0.1) is 11.8 Å². The number of hydrogen-bond acceptors (Lipinski definition) is 8. The van der Waals surface area contributed by atoms with E-state index in [-0.39, 0.29) is 17.3 Å². The Morgan fingerprint density at radius 1 is 0.852 bits per heavy atom. The van der Waals surface area contributed by atoms with Crippen LogP contribution in [-0.2, 0) is 24.9 Å². The number of carbonyl (C=O) groups is 1. The van der Waals surface area contributed by atoms with Crippen molar-refractivity contribution in [3.05, 3.63) is 150 Å². The van der Waals surface area contributed by atoms with E-state index in [9.17, 15) is 13.2 Å². The lowest BCUT2D eigenvalue weighted by Crippen LogP contribution is -2.55. The Labute approximate surface area is 325 Å². The summed E-state index contributed by atoms with van der Waals surface area (Å²) < 4.78 is 41.0. The molecule has 0 radical (unpaired) electrons. The second-order valence-electron chi connectivity index (χ2n) is 14.0. The Morgan fingerprint density at radius 2 is 1.39 bits per heavy atom. The molecule has 0 aromatic heterocycles. The van der Waals surface area contributed by atoms with Gasteiger partial charge in [0, 0.05) is 23.7 Å². The average Bonchev–Trinajstić information content (AvgIpc) is 3.32. The quantitative estimate of drug-likeness (QED) is 0.0642. The number of ether oxygens (including phenoxy) is 2. The van der Waals surface area contributed by atoms with Crippen LogP contribution in [0, 0.1) is 5.41 Å². The third kappa shape index (κ3) is 8.09. The fourth-order valence-corrected chi connectivity index (χ4v) is 10.4. The molecule has 7 nitrogen and oxygen atoms in total. The van der Waals surface area contributed by atoms with Crippen LogP contribution < -0.4 is 15.0 Å². The molecule has 6 rings (SSSR count). The van der Waals surface area contributed by atoms with E-state index in [4.69, 9.17) is 9.47 Å². The molecule has 0 aliphatic carbocycles. The Kier molecular flexibility index (Phi) is 12.5. The molecule has 1 N–H and O–H groups in total. The summed E-state index contributed by atoms with van der Waals surface area (Å²) in [6.07, 6.45) is 5.44. The lowest BCUT2D eigenvalue weighted by Gasteiger charge is -2.39. The molecular formula is C45H50N2O5S2. The number of methoxy groups -OCH3 is 1. The van der Waals surface area contributed by atoms with Crippen molar-refractivity contribution >= 4 is 38.9 Å². The topological polar surface area (TPSA) is 84.9 Å². The van der Waals surface area contributed by atoms with Gasteiger partial charge in [-0.25, -0.2) is 8.42 Å². The van der Waals surface area contributed by atoms with Crippen molar-refractivity contribution in [1.29, 1.82) is 0 Å². The Morgan fingerprint density at radius 3 is 1.87 bits per heavy atom. The lowest BCUT2D eigenvalue weighted by molar-refractivity contribution is -0.144. The average molecular weight is 763 g/mol. The number of carbonyl (C=O) groups excluding carboxylic acids is 1. The van der Waals surface area contributed by atoms with Crippen molar-refractivity contribution in [2.75, 3.05) is 37.2 Å². The maximum Gasteiger partial charge on any atom is 0.326 e. The number of sulfone groups is 1. The summed E-state index contributed by atoms with van der Waals surface area (Å²) in [5.41, 5.74) is 2.98. The molecule has 0 saturated carbocycles. The van der Waals surface area contributed by atoms with Crippen LogP contribution in [0.5, 0.6) is 5.75 Å². The molecule has 54 heavy (non-hydrogen) atoms. The van der Waals surface area contributed by atoms with Crippen molar-refractivity contribution in [3.8, 4) is 5.75 Å². The molecule has 0 saturated heterocycles. The minimum atomic E-state index is -3.75. The summed E-state index contributed by atoms with van der Waals surface area (Å²) in [6.45, 7) is 4.72. The molecule has 1 heterocycles. The van der Waals surface area contributed by atoms with Crippen molar-refractivity contribution in [2.45, 2.75) is 60.9 Å². The van der Waals surface area contributed by atoms with E-state index >= 15 is 0 Å². The molecule has 282 valence electrons. The minimum absolute atomic E-state index is 0.0466. The summed E-state index contributed by atoms with van der Waals surface area (Å²) >= 11 is 1.48. The number of rotatable bonds is 15. The summed E-state index contributed by atoms with van der Waals surface area (Å²) in [4.78, 5) is 16.9. The summed E-state index contributed by atoms with van der Waals surface area (Å²) in [7, 11) is -2.39. The SMILES string of the molecule is CCCC[C@]1(CC)CN(c2ccccc2)c2cc(SC)c(OCC(NC(c3ccccc3)(c3ccccc3)c3ccccc3)C(=O)OC)cc2S(=O)(=O)C1. The van der Waals surface area contributed by atoms with Gasteiger partial charge in [0.05, 0.1) is 33.9 Å². The lowest BCUT2D eigenvalue weighted by atomic mass is 9.76. The van der Waals surface area contributed by atoms with E-state index in [0.29, 0.717) is 18.0 Å². The second kappa shape index (κ2) is 17.3. The first-order valence-corrected chi connectivity index (χ1v) is 21.5. The summed E-state index contributed by atoms with van der Waals surface area (Å²) in [5, 5.41) is 3.70. The fourth-order valence-electron chi connectivity index (χ4n) is 7.70. The van der Waals surface area contributed by atoms with Gasteiger partial charge in [-0.2, -0.15) is 0 Å². The first kappa shape index (κ1) is 39.1. The number of fused-ring (bicyclic) bond motifs is 1. The molecule has 5 aromatic rings. The van der Waals surface area contributed by atoms with Crippen molar-refractivity contribution in [1.82, 2.24) is 5.32 Å². The molecule has 2 atom stereocenters. The maximum absolute atomic E-state index is 14.5. The van der Waals surface area contributed by atoms with Gasteiger partial charge >= 0.3 is 5.97 Å². The third-order valence-corrected chi connectivity index (χ3v) is 13.4. The number of esters is 1. The molecule has 0 fully saturated rings. The monoisotopic (exact) mass is 762 g/mol. The molecule has 5 aromatic carbocycles. The standard InChI is InChI=1S/C45H50N2O5S2/c1-5-7-28-44(6-2)32-47(37-26-18-11-19-27-37)39-29-41(53-4)40(30-42(39)54(49,50)33-44)52-31-38(43(48)51-3)46-45(34-20-12-8-13-21-34,35-22-14-9-15-23-35)36-24-16-10-17-25-36/h8-27,29-30,38,46H,5-7,28,31-33H2,1-4H3/t38?,44-/m1/s1. The van der Waals surface area contributed by atoms with E-state index in [2.05, 4.69) is 24.1 Å². The van der Waals surface area contributed by atoms with Crippen LogP contribution in [0.4, 0.5) is 11.4 Å². The molecule has 1 unspecified atom stereocenters. The predicted octanol–water partition coefficient (Wildman–Crippen LogP) is 9.42. The van der Waals surface area contributed by atoms with Gasteiger partial charge in [-0.1, -0.05) is 136 Å². The van der Waals surface area contributed by atoms with Gasteiger partial charge in [0.1, 0.15) is 18.4 Å². The van der Waals surface area contributed by atoms with E-state index in [1.54, 1.807) is 6.07 Å². The van der Waals surface area contributed by atoms with Crippen LogP contribution in [0.15, 0.2) is 143 Å². The third-order valence-electron chi connectivity index (χ3n) is 10.6. The van der Waals surface area contributed by atoms with Gasteiger partial charge in [0.2, 0.25) is 0 Å². The van der Waals surface area contributed by atoms with Crippen molar-refractivity contribution < 1.29 is 22.7 Å². The van der Waals surface area contributed by atoms with Crippen LogP contribution in [0.2, 0.25) is 0 Å². The van der Waals surface area contributed by atoms with E-state index < -0.39 is 32.8 Å². The first-order valence-electron chi connectivity index (χ1n) is 18.6. The van der Waals surface area contributed by atoms with Gasteiger partial charge in [0.15, 0.2) is 9.84 Å². The second-order valence-corrected chi connectivity index (χ2v) is 16.8. The van der Waals surface area contributed by atoms with Crippen molar-refractivity contribution in [3.63, 3.8) is 0 Å². The number of para-hydroxylation sites is 1. The maximum atomic E-state index is 14.5. The molecule has 1 aliphatic heterocycles. The minimum Gasteiger partial charge on any atom is -0.490 e. The van der Waals surface area contributed by atoms with Crippen LogP contribution in [0.25, 0.3) is 0 Å². The molecular weight excluding hydrogens is 713 g/mol. The number of anilines is 2. The van der Waals surface area contributed by atoms with E-state index in [1.807, 2.05) is 134 Å². The van der Waals surface area contributed by atoms with Crippen LogP contribution >= 0.6 is 11.8 Å². The van der Waals surface area contributed by atoms with Crippen LogP contribution in [0.3, 0.4) is 0 Å². The molecule has 9 heteroatoms. The fraction of sp³-hybridized carbons (Fsp3) is 0.311. The highest BCUT2D eigenvalue weighted by Gasteiger charge is 2.43. The van der Waals surface area contributed by atoms with Gasteiger partial charge in [0.25, 0.3) is 0 Å². The highest BCUT2D eigenvalue weighted by molar-refractivity contribution is 7.98.